The van der Waals surface area contributed by atoms with Gasteiger partial charge in [-0.15, -0.1) is 0 Å². The first-order valence-corrected chi connectivity index (χ1v) is 5.64. The molecule has 2 rings (SSSR count). The normalized spacial score (nSPS) is 14.8. The Balaban J connectivity index is 1.94. The van der Waals surface area contributed by atoms with Crippen LogP contribution in [0.1, 0.15) is 12.0 Å². The maximum atomic E-state index is 13.4. The molecule has 1 aromatic rings. The molecule has 1 aliphatic rings. The minimum Gasteiger partial charge on any atom is -0.494 e. The second-order valence-corrected chi connectivity index (χ2v) is 3.83. The first-order chi connectivity index (χ1) is 8.29. The van der Waals surface area contributed by atoms with E-state index < -0.39 is 0 Å². The lowest BCUT2D eigenvalue weighted by Gasteiger charge is -2.16. The van der Waals surface area contributed by atoms with Gasteiger partial charge >= 0.3 is 0 Å². The number of aliphatic imine (C=N–C) groups is 1. The minimum absolute atomic E-state index is 0.266. The summed E-state index contributed by atoms with van der Waals surface area (Å²) in [5.74, 6) is 0.708. The Labute approximate surface area is 99.9 Å². The van der Waals surface area contributed by atoms with Crippen molar-refractivity contribution < 1.29 is 9.13 Å². The molecule has 0 bridgehead atoms. The van der Waals surface area contributed by atoms with Crippen molar-refractivity contribution in [2.24, 2.45) is 4.99 Å². The number of rotatable bonds is 3. The van der Waals surface area contributed by atoms with Crippen LogP contribution in [0.25, 0.3) is 0 Å². The van der Waals surface area contributed by atoms with Gasteiger partial charge < -0.3 is 15.4 Å². The van der Waals surface area contributed by atoms with Gasteiger partial charge in [-0.2, -0.15) is 0 Å². The third-order valence-corrected chi connectivity index (χ3v) is 2.57. The van der Waals surface area contributed by atoms with E-state index in [-0.39, 0.29) is 11.6 Å². The lowest BCUT2D eigenvalue weighted by Crippen LogP contribution is -2.40. The summed E-state index contributed by atoms with van der Waals surface area (Å²) in [6.45, 7) is 2.32. The number of halogens is 1. The molecule has 0 atom stereocenters. The van der Waals surface area contributed by atoms with Gasteiger partial charge in [0.1, 0.15) is 0 Å². The summed E-state index contributed by atoms with van der Waals surface area (Å²) in [5, 5.41) is 6.28. The Kier molecular flexibility index (Phi) is 3.80. The molecule has 0 amide bonds. The molecular weight excluding hydrogens is 221 g/mol. The van der Waals surface area contributed by atoms with Crippen LogP contribution in [-0.4, -0.2) is 26.2 Å². The average Bonchev–Trinajstić information content (AvgIpc) is 2.38. The van der Waals surface area contributed by atoms with Crippen LogP contribution in [-0.2, 0) is 6.54 Å². The zero-order valence-electron chi connectivity index (χ0n) is 9.79. The highest BCUT2D eigenvalue weighted by molar-refractivity contribution is 5.80. The van der Waals surface area contributed by atoms with E-state index in [1.165, 1.54) is 13.2 Å². The van der Waals surface area contributed by atoms with Crippen LogP contribution in [0.2, 0.25) is 0 Å². The van der Waals surface area contributed by atoms with Crippen LogP contribution in [0.4, 0.5) is 4.39 Å². The van der Waals surface area contributed by atoms with Crippen molar-refractivity contribution in [3.05, 3.63) is 29.6 Å². The third kappa shape index (κ3) is 3.09. The SMILES string of the molecule is COc1ccc(CNC2=NCCCN2)cc1F. The van der Waals surface area contributed by atoms with E-state index in [0.29, 0.717) is 6.54 Å². The largest absolute Gasteiger partial charge is 0.494 e. The molecule has 1 aliphatic heterocycles. The number of benzene rings is 1. The van der Waals surface area contributed by atoms with E-state index in [9.17, 15) is 4.39 Å². The standard InChI is InChI=1S/C12H16FN3O/c1-17-11-4-3-9(7-10(11)13)8-16-12-14-5-2-6-15-12/h3-4,7H,2,5-6,8H2,1H3,(H2,14,15,16). The van der Waals surface area contributed by atoms with Crippen molar-refractivity contribution in [1.82, 2.24) is 10.6 Å². The fraction of sp³-hybridized carbons (Fsp3) is 0.417. The quantitative estimate of drug-likeness (QED) is 0.832. The number of guanidine groups is 1. The maximum absolute atomic E-state index is 13.4. The smallest absolute Gasteiger partial charge is 0.191 e. The van der Waals surface area contributed by atoms with Crippen molar-refractivity contribution >= 4 is 5.96 Å². The second kappa shape index (κ2) is 5.52. The van der Waals surface area contributed by atoms with E-state index in [4.69, 9.17) is 4.74 Å². The van der Waals surface area contributed by atoms with E-state index in [1.54, 1.807) is 6.07 Å². The molecule has 0 unspecified atom stereocenters. The first-order valence-electron chi connectivity index (χ1n) is 5.64. The van der Waals surface area contributed by atoms with Crippen LogP contribution in [0.3, 0.4) is 0 Å². The molecule has 0 radical (unpaired) electrons. The molecule has 1 heterocycles. The number of hydrogen-bond acceptors (Lipinski definition) is 4. The molecule has 17 heavy (non-hydrogen) atoms. The zero-order chi connectivity index (χ0) is 12.1. The molecule has 92 valence electrons. The van der Waals surface area contributed by atoms with Gasteiger partial charge in [0, 0.05) is 19.6 Å². The zero-order valence-corrected chi connectivity index (χ0v) is 9.79. The van der Waals surface area contributed by atoms with E-state index in [0.717, 1.165) is 31.0 Å². The van der Waals surface area contributed by atoms with Crippen LogP contribution in [0.15, 0.2) is 23.2 Å². The van der Waals surface area contributed by atoms with Gasteiger partial charge in [0.25, 0.3) is 0 Å². The van der Waals surface area contributed by atoms with Gasteiger partial charge in [-0.3, -0.25) is 4.99 Å². The Bertz CT molecular complexity index is 420. The molecule has 2 N–H and O–H groups in total. The van der Waals surface area contributed by atoms with Crippen LogP contribution < -0.4 is 15.4 Å². The Hall–Kier alpha value is -1.78. The molecular formula is C12H16FN3O. The fourth-order valence-electron chi connectivity index (χ4n) is 1.66. The van der Waals surface area contributed by atoms with E-state index in [2.05, 4.69) is 15.6 Å². The monoisotopic (exact) mass is 237 g/mol. The van der Waals surface area contributed by atoms with Crippen molar-refractivity contribution in [2.45, 2.75) is 13.0 Å². The number of nitrogens with zero attached hydrogens (tertiary/aromatic N) is 1. The summed E-state index contributed by atoms with van der Waals surface area (Å²) in [7, 11) is 1.46. The molecule has 5 heteroatoms. The summed E-state index contributed by atoms with van der Waals surface area (Å²) in [6, 6.07) is 4.93. The number of hydrogen-bond donors (Lipinski definition) is 2. The van der Waals surface area contributed by atoms with E-state index >= 15 is 0 Å². The summed E-state index contributed by atoms with van der Waals surface area (Å²) in [6.07, 6.45) is 1.06. The van der Waals surface area contributed by atoms with Crippen LogP contribution in [0, 0.1) is 5.82 Å². The number of methoxy groups -OCH3 is 1. The van der Waals surface area contributed by atoms with Gasteiger partial charge in [-0.05, 0) is 24.1 Å². The Morgan fingerprint density at radius 3 is 3.06 bits per heavy atom. The molecule has 0 saturated heterocycles. The molecule has 0 spiro atoms. The van der Waals surface area contributed by atoms with Crippen molar-refractivity contribution in [2.75, 3.05) is 20.2 Å². The summed E-state index contributed by atoms with van der Waals surface area (Å²) in [5.41, 5.74) is 0.860. The van der Waals surface area contributed by atoms with Crippen molar-refractivity contribution in [1.29, 1.82) is 0 Å². The van der Waals surface area contributed by atoms with E-state index in [1.807, 2.05) is 6.07 Å². The maximum Gasteiger partial charge on any atom is 0.191 e. The predicted octanol–water partition coefficient (Wildman–Crippen LogP) is 1.27. The summed E-state index contributed by atoms with van der Waals surface area (Å²) >= 11 is 0. The molecule has 0 saturated carbocycles. The average molecular weight is 237 g/mol. The number of nitrogens with one attached hydrogen (secondary N) is 2. The van der Waals surface area contributed by atoms with Crippen LogP contribution in [0.5, 0.6) is 5.75 Å². The molecule has 1 aromatic carbocycles. The highest BCUT2D eigenvalue weighted by Crippen LogP contribution is 2.17. The summed E-state index contributed by atoms with van der Waals surface area (Å²) < 4.78 is 18.3. The Morgan fingerprint density at radius 1 is 1.53 bits per heavy atom. The lowest BCUT2D eigenvalue weighted by molar-refractivity contribution is 0.386. The highest BCUT2D eigenvalue weighted by atomic mass is 19.1. The molecule has 0 aromatic heterocycles. The third-order valence-electron chi connectivity index (χ3n) is 2.57. The predicted molar refractivity (Wildman–Crippen MR) is 64.7 cm³/mol. The van der Waals surface area contributed by atoms with Gasteiger partial charge in [-0.25, -0.2) is 4.39 Å². The van der Waals surface area contributed by atoms with Crippen molar-refractivity contribution in [3.63, 3.8) is 0 Å². The fourth-order valence-corrected chi connectivity index (χ4v) is 1.66. The lowest BCUT2D eigenvalue weighted by atomic mass is 10.2. The highest BCUT2D eigenvalue weighted by Gasteiger charge is 2.05. The first kappa shape index (κ1) is 11.7. The number of ether oxygens (including phenoxy) is 1. The Morgan fingerprint density at radius 2 is 2.41 bits per heavy atom. The van der Waals surface area contributed by atoms with Crippen LogP contribution >= 0.6 is 0 Å². The topological polar surface area (TPSA) is 45.6 Å². The molecule has 4 nitrogen and oxygen atoms in total. The van der Waals surface area contributed by atoms with Gasteiger partial charge in [-0.1, -0.05) is 6.07 Å². The molecule has 0 fully saturated rings. The molecule has 0 aliphatic carbocycles. The summed E-state index contributed by atoms with van der Waals surface area (Å²) in [4.78, 5) is 4.28. The van der Waals surface area contributed by atoms with Crippen molar-refractivity contribution in [3.8, 4) is 5.75 Å². The minimum atomic E-state index is -0.342. The second-order valence-electron chi connectivity index (χ2n) is 3.83. The van der Waals surface area contributed by atoms with Gasteiger partial charge in [0.05, 0.1) is 7.11 Å². The van der Waals surface area contributed by atoms with Gasteiger partial charge in [0.15, 0.2) is 17.5 Å². The van der Waals surface area contributed by atoms with Gasteiger partial charge in [0.2, 0.25) is 0 Å².